The predicted octanol–water partition coefficient (Wildman–Crippen LogP) is 4.76. The maximum Gasteiger partial charge on any atom is 0.00954 e. The van der Waals surface area contributed by atoms with Crippen LogP contribution < -0.4 is 5.32 Å². The molecule has 0 radical (unpaired) electrons. The van der Waals surface area contributed by atoms with Crippen LogP contribution in [0.5, 0.6) is 0 Å². The molecule has 1 N–H and O–H groups in total. The molecular formula is C16H33N. The molecule has 0 aromatic rings. The number of rotatable bonds is 9. The Hall–Kier alpha value is -0.0400. The Kier molecular flexibility index (Phi) is 7.92. The third-order valence-corrected chi connectivity index (χ3v) is 4.67. The second-order valence-electron chi connectivity index (χ2n) is 5.87. The van der Waals surface area contributed by atoms with E-state index < -0.39 is 0 Å². The van der Waals surface area contributed by atoms with Gasteiger partial charge in [-0.2, -0.15) is 0 Å². The first-order valence-electron chi connectivity index (χ1n) is 8.05. The predicted molar refractivity (Wildman–Crippen MR) is 77.3 cm³/mol. The van der Waals surface area contributed by atoms with Crippen LogP contribution in [0.2, 0.25) is 0 Å². The van der Waals surface area contributed by atoms with E-state index in [2.05, 4.69) is 26.1 Å². The minimum Gasteiger partial charge on any atom is -0.314 e. The van der Waals surface area contributed by atoms with Crippen molar-refractivity contribution in [3.8, 4) is 0 Å². The van der Waals surface area contributed by atoms with Crippen molar-refractivity contribution in [2.75, 3.05) is 6.54 Å². The van der Waals surface area contributed by atoms with Gasteiger partial charge in [-0.3, -0.25) is 0 Å². The third-order valence-electron chi connectivity index (χ3n) is 4.67. The highest BCUT2D eigenvalue weighted by molar-refractivity contribution is 4.81. The Labute approximate surface area is 109 Å². The Morgan fingerprint density at radius 2 is 1.65 bits per heavy atom. The lowest BCUT2D eigenvalue weighted by atomic mass is 9.89. The highest BCUT2D eigenvalue weighted by Gasteiger charge is 2.24. The van der Waals surface area contributed by atoms with Crippen molar-refractivity contribution in [3.63, 3.8) is 0 Å². The molecule has 1 nitrogen and oxygen atoms in total. The first-order chi connectivity index (χ1) is 8.31. The van der Waals surface area contributed by atoms with Crippen molar-refractivity contribution in [1.29, 1.82) is 0 Å². The van der Waals surface area contributed by atoms with Crippen LogP contribution in [0, 0.1) is 11.8 Å². The second kappa shape index (κ2) is 8.97. The summed E-state index contributed by atoms with van der Waals surface area (Å²) in [5, 5.41) is 3.81. The lowest BCUT2D eigenvalue weighted by molar-refractivity contribution is 0.306. The fraction of sp³-hybridized carbons (Fsp3) is 1.00. The average molecular weight is 239 g/mol. The molecular weight excluding hydrogens is 206 g/mol. The van der Waals surface area contributed by atoms with Crippen LogP contribution in [0.15, 0.2) is 0 Å². The van der Waals surface area contributed by atoms with Crippen molar-refractivity contribution in [2.24, 2.45) is 11.8 Å². The first kappa shape index (κ1) is 15.0. The second-order valence-corrected chi connectivity index (χ2v) is 5.87. The van der Waals surface area contributed by atoms with Gasteiger partial charge in [0.25, 0.3) is 0 Å². The van der Waals surface area contributed by atoms with Crippen LogP contribution in [-0.4, -0.2) is 12.6 Å². The number of nitrogens with one attached hydrogen (secondary N) is 1. The summed E-state index contributed by atoms with van der Waals surface area (Å²) in [4.78, 5) is 0. The zero-order valence-corrected chi connectivity index (χ0v) is 12.3. The number of hydrogen-bond acceptors (Lipinski definition) is 1. The van der Waals surface area contributed by atoms with Crippen molar-refractivity contribution < 1.29 is 0 Å². The largest absolute Gasteiger partial charge is 0.314 e. The van der Waals surface area contributed by atoms with E-state index in [4.69, 9.17) is 0 Å². The fourth-order valence-corrected chi connectivity index (χ4v) is 3.31. The van der Waals surface area contributed by atoms with Gasteiger partial charge in [-0.25, -0.2) is 0 Å². The van der Waals surface area contributed by atoms with Crippen LogP contribution in [0.3, 0.4) is 0 Å². The van der Waals surface area contributed by atoms with Crippen molar-refractivity contribution in [1.82, 2.24) is 5.32 Å². The Morgan fingerprint density at radius 3 is 2.18 bits per heavy atom. The Bertz CT molecular complexity index is 168. The lowest BCUT2D eigenvalue weighted by Gasteiger charge is -2.26. The summed E-state index contributed by atoms with van der Waals surface area (Å²) in [5.74, 6) is 1.94. The fourth-order valence-electron chi connectivity index (χ4n) is 3.31. The monoisotopic (exact) mass is 239 g/mol. The van der Waals surface area contributed by atoms with Gasteiger partial charge in [0.15, 0.2) is 0 Å². The van der Waals surface area contributed by atoms with E-state index in [9.17, 15) is 0 Å². The quantitative estimate of drug-likeness (QED) is 0.611. The molecule has 1 atom stereocenters. The van der Waals surface area contributed by atoms with Crippen LogP contribution in [0.25, 0.3) is 0 Å². The van der Waals surface area contributed by atoms with E-state index in [1.807, 2.05) is 0 Å². The molecule has 0 amide bonds. The van der Waals surface area contributed by atoms with Crippen LogP contribution in [0.1, 0.15) is 78.6 Å². The van der Waals surface area contributed by atoms with Gasteiger partial charge in [0.1, 0.15) is 0 Å². The van der Waals surface area contributed by atoms with Gasteiger partial charge in [0.05, 0.1) is 0 Å². The average Bonchev–Trinajstić information content (AvgIpc) is 2.87. The van der Waals surface area contributed by atoms with Gasteiger partial charge >= 0.3 is 0 Å². The summed E-state index contributed by atoms with van der Waals surface area (Å²) in [6.07, 6.45) is 12.7. The van der Waals surface area contributed by atoms with Gasteiger partial charge in [0, 0.05) is 6.04 Å². The van der Waals surface area contributed by atoms with Crippen molar-refractivity contribution in [2.45, 2.75) is 84.6 Å². The molecule has 1 heteroatoms. The zero-order valence-electron chi connectivity index (χ0n) is 12.3. The molecule has 0 aromatic heterocycles. The minimum absolute atomic E-state index is 0.818. The van der Waals surface area contributed by atoms with Gasteiger partial charge in [-0.15, -0.1) is 0 Å². The molecule has 0 saturated heterocycles. The van der Waals surface area contributed by atoms with Gasteiger partial charge in [-0.1, -0.05) is 46.5 Å². The minimum atomic E-state index is 0.818. The molecule has 1 fully saturated rings. The molecule has 0 heterocycles. The molecule has 0 spiro atoms. The molecule has 102 valence electrons. The number of hydrogen-bond donors (Lipinski definition) is 1. The summed E-state index contributed by atoms with van der Waals surface area (Å²) in [7, 11) is 0. The topological polar surface area (TPSA) is 12.0 Å². The summed E-state index contributed by atoms with van der Waals surface area (Å²) in [6, 6.07) is 0.818. The molecule has 0 bridgehead atoms. The maximum atomic E-state index is 3.81. The maximum absolute atomic E-state index is 3.81. The van der Waals surface area contributed by atoms with Gasteiger partial charge in [0.2, 0.25) is 0 Å². The summed E-state index contributed by atoms with van der Waals surface area (Å²) < 4.78 is 0. The Balaban J connectivity index is 2.33. The van der Waals surface area contributed by atoms with E-state index in [0.29, 0.717) is 0 Å². The molecule has 1 aliphatic carbocycles. The zero-order chi connectivity index (χ0) is 12.5. The highest BCUT2D eigenvalue weighted by atomic mass is 14.9. The molecule has 1 aliphatic rings. The van der Waals surface area contributed by atoms with Gasteiger partial charge in [-0.05, 0) is 50.5 Å². The summed E-state index contributed by atoms with van der Waals surface area (Å²) >= 11 is 0. The van der Waals surface area contributed by atoms with E-state index in [1.54, 1.807) is 0 Å². The van der Waals surface area contributed by atoms with E-state index in [0.717, 1.165) is 17.9 Å². The molecule has 0 aromatic carbocycles. The normalized spacial score (nSPS) is 19.1. The summed E-state index contributed by atoms with van der Waals surface area (Å²) in [5.41, 5.74) is 0. The molecule has 1 saturated carbocycles. The third kappa shape index (κ3) is 5.42. The molecule has 1 rings (SSSR count). The van der Waals surface area contributed by atoms with E-state index in [1.165, 1.54) is 64.3 Å². The van der Waals surface area contributed by atoms with E-state index >= 15 is 0 Å². The SMILES string of the molecule is CCCNC(CCC(CC)CC)C1CCCC1. The molecule has 1 unspecified atom stereocenters. The van der Waals surface area contributed by atoms with Crippen LogP contribution in [0.4, 0.5) is 0 Å². The molecule has 0 aliphatic heterocycles. The van der Waals surface area contributed by atoms with Crippen molar-refractivity contribution >= 4 is 0 Å². The van der Waals surface area contributed by atoms with E-state index in [-0.39, 0.29) is 0 Å². The lowest BCUT2D eigenvalue weighted by Crippen LogP contribution is -2.36. The van der Waals surface area contributed by atoms with Crippen LogP contribution >= 0.6 is 0 Å². The van der Waals surface area contributed by atoms with Crippen molar-refractivity contribution in [3.05, 3.63) is 0 Å². The Morgan fingerprint density at radius 1 is 1.00 bits per heavy atom. The smallest absolute Gasteiger partial charge is 0.00954 e. The first-order valence-corrected chi connectivity index (χ1v) is 8.05. The standard InChI is InChI=1S/C16H33N/c1-4-13-17-16(15-9-7-8-10-15)12-11-14(5-2)6-3/h14-17H,4-13H2,1-3H3. The van der Waals surface area contributed by atoms with Crippen LogP contribution in [-0.2, 0) is 0 Å². The van der Waals surface area contributed by atoms with Gasteiger partial charge < -0.3 is 5.32 Å². The molecule has 17 heavy (non-hydrogen) atoms. The summed E-state index contributed by atoms with van der Waals surface area (Å²) in [6.45, 7) is 8.18. The highest BCUT2D eigenvalue weighted by Crippen LogP contribution is 2.30.